The van der Waals surface area contributed by atoms with Crippen molar-refractivity contribution >= 4 is 17.7 Å². The van der Waals surface area contributed by atoms with Crippen LogP contribution in [0.4, 0.5) is 0 Å². The molecule has 1 heterocycles. The minimum absolute atomic E-state index is 0.0847. The maximum absolute atomic E-state index is 11.9. The van der Waals surface area contributed by atoms with Crippen LogP contribution in [-0.2, 0) is 19.1 Å². The van der Waals surface area contributed by atoms with Gasteiger partial charge in [0.25, 0.3) is 0 Å². The van der Waals surface area contributed by atoms with Gasteiger partial charge >= 0.3 is 0 Å². The van der Waals surface area contributed by atoms with Crippen molar-refractivity contribution < 1.29 is 19.1 Å². The van der Waals surface area contributed by atoms with E-state index in [1.54, 1.807) is 9.80 Å². The van der Waals surface area contributed by atoms with Gasteiger partial charge in [-0.3, -0.25) is 14.4 Å². The van der Waals surface area contributed by atoms with Crippen molar-refractivity contribution in [2.24, 2.45) is 11.7 Å². The Balaban J connectivity index is 2.72. The Bertz CT molecular complexity index is 359. The number of amides is 3. The maximum atomic E-state index is 11.9. The predicted molar refractivity (Wildman–Crippen MR) is 68.0 cm³/mol. The molecule has 0 unspecified atom stereocenters. The van der Waals surface area contributed by atoms with E-state index in [1.807, 2.05) is 0 Å². The SMILES string of the molecule is COCCC(=O)N1CCN(C(C)=O)C[C@@H](C(N)=O)C1. The van der Waals surface area contributed by atoms with Crippen LogP contribution in [0.5, 0.6) is 0 Å². The Morgan fingerprint density at radius 3 is 2.32 bits per heavy atom. The highest BCUT2D eigenvalue weighted by atomic mass is 16.5. The van der Waals surface area contributed by atoms with Crippen molar-refractivity contribution in [1.29, 1.82) is 0 Å². The summed E-state index contributed by atoms with van der Waals surface area (Å²) < 4.78 is 4.86. The molecule has 1 fully saturated rings. The van der Waals surface area contributed by atoms with Gasteiger partial charge < -0.3 is 20.3 Å². The molecule has 108 valence electrons. The largest absolute Gasteiger partial charge is 0.384 e. The fourth-order valence-corrected chi connectivity index (χ4v) is 2.05. The van der Waals surface area contributed by atoms with Crippen LogP contribution < -0.4 is 5.73 Å². The number of nitrogens with two attached hydrogens (primary N) is 1. The zero-order valence-corrected chi connectivity index (χ0v) is 11.4. The van der Waals surface area contributed by atoms with Crippen molar-refractivity contribution in [3.8, 4) is 0 Å². The number of carbonyl (C=O) groups excluding carboxylic acids is 3. The maximum Gasteiger partial charge on any atom is 0.224 e. The molecule has 1 aliphatic heterocycles. The van der Waals surface area contributed by atoms with E-state index in [0.717, 1.165) is 0 Å². The summed E-state index contributed by atoms with van der Waals surface area (Å²) in [6, 6.07) is 0. The number of ether oxygens (including phenoxy) is 1. The van der Waals surface area contributed by atoms with Gasteiger partial charge in [-0.05, 0) is 0 Å². The Labute approximate surface area is 112 Å². The highest BCUT2D eigenvalue weighted by Gasteiger charge is 2.29. The molecule has 19 heavy (non-hydrogen) atoms. The fourth-order valence-electron chi connectivity index (χ4n) is 2.05. The molecule has 0 aromatic carbocycles. The number of carbonyl (C=O) groups is 3. The van der Waals surface area contributed by atoms with Gasteiger partial charge in [0.2, 0.25) is 17.7 Å². The van der Waals surface area contributed by atoms with Gasteiger partial charge in [-0.15, -0.1) is 0 Å². The molecule has 1 atom stereocenters. The van der Waals surface area contributed by atoms with Crippen molar-refractivity contribution in [2.45, 2.75) is 13.3 Å². The molecule has 1 rings (SSSR count). The molecule has 3 amide bonds. The second kappa shape index (κ2) is 7.08. The van der Waals surface area contributed by atoms with Crippen LogP contribution in [0.15, 0.2) is 0 Å². The summed E-state index contributed by atoms with van der Waals surface area (Å²) in [7, 11) is 1.53. The zero-order chi connectivity index (χ0) is 14.4. The van der Waals surface area contributed by atoms with E-state index in [-0.39, 0.29) is 31.3 Å². The van der Waals surface area contributed by atoms with Gasteiger partial charge in [-0.25, -0.2) is 0 Å². The molecule has 0 saturated carbocycles. The summed E-state index contributed by atoms with van der Waals surface area (Å²) in [5.74, 6) is -1.20. The lowest BCUT2D eigenvalue weighted by Crippen LogP contribution is -2.41. The van der Waals surface area contributed by atoms with Gasteiger partial charge in [0.15, 0.2) is 0 Å². The first-order chi connectivity index (χ1) is 8.95. The standard InChI is InChI=1S/C12H21N3O4/c1-9(16)14-4-5-15(11(17)3-6-19-2)8-10(7-14)12(13)18/h10H,3-8H2,1-2H3,(H2,13,18)/t10-/m1/s1. The van der Waals surface area contributed by atoms with Crippen LogP contribution in [-0.4, -0.2) is 67.4 Å². The molecule has 0 aromatic rings. The van der Waals surface area contributed by atoms with Gasteiger partial charge in [0.05, 0.1) is 18.9 Å². The summed E-state index contributed by atoms with van der Waals surface area (Å²) in [5.41, 5.74) is 5.32. The number of hydrogen-bond acceptors (Lipinski definition) is 4. The molecule has 7 nitrogen and oxygen atoms in total. The molecule has 2 N–H and O–H groups in total. The second-order valence-corrected chi connectivity index (χ2v) is 4.65. The third kappa shape index (κ3) is 4.51. The van der Waals surface area contributed by atoms with E-state index in [1.165, 1.54) is 14.0 Å². The van der Waals surface area contributed by atoms with E-state index in [9.17, 15) is 14.4 Å². The number of hydrogen-bond donors (Lipinski definition) is 1. The molecule has 0 aromatic heterocycles. The lowest BCUT2D eigenvalue weighted by atomic mass is 10.1. The summed E-state index contributed by atoms with van der Waals surface area (Å²) in [6.45, 7) is 3.18. The van der Waals surface area contributed by atoms with Crippen LogP contribution in [0.3, 0.4) is 0 Å². The zero-order valence-electron chi connectivity index (χ0n) is 11.4. The Morgan fingerprint density at radius 2 is 1.79 bits per heavy atom. The molecule has 0 aliphatic carbocycles. The van der Waals surface area contributed by atoms with Crippen molar-refractivity contribution in [3.63, 3.8) is 0 Å². The molecule has 0 bridgehead atoms. The first kappa shape index (κ1) is 15.4. The first-order valence-corrected chi connectivity index (χ1v) is 6.27. The highest BCUT2D eigenvalue weighted by molar-refractivity contribution is 5.81. The number of methoxy groups -OCH3 is 1. The van der Waals surface area contributed by atoms with Crippen molar-refractivity contribution in [2.75, 3.05) is 39.9 Å². The molecular formula is C12H21N3O4. The molecule has 0 radical (unpaired) electrons. The monoisotopic (exact) mass is 271 g/mol. The van der Waals surface area contributed by atoms with Gasteiger partial charge in [0.1, 0.15) is 0 Å². The fraction of sp³-hybridized carbons (Fsp3) is 0.750. The van der Waals surface area contributed by atoms with Gasteiger partial charge in [-0.2, -0.15) is 0 Å². The van der Waals surface area contributed by atoms with Gasteiger partial charge in [0, 0.05) is 40.2 Å². The molecule has 1 saturated heterocycles. The smallest absolute Gasteiger partial charge is 0.224 e. The Kier molecular flexibility index (Phi) is 5.75. The lowest BCUT2D eigenvalue weighted by molar-refractivity contribution is -0.133. The minimum atomic E-state index is -0.516. The summed E-state index contributed by atoms with van der Waals surface area (Å²) >= 11 is 0. The van der Waals surface area contributed by atoms with E-state index >= 15 is 0 Å². The average Bonchev–Trinajstić information content (AvgIpc) is 2.58. The third-order valence-electron chi connectivity index (χ3n) is 3.24. The van der Waals surface area contributed by atoms with Crippen LogP contribution >= 0.6 is 0 Å². The molecular weight excluding hydrogens is 250 g/mol. The summed E-state index contributed by atoms with van der Waals surface area (Å²) in [5, 5.41) is 0. The summed E-state index contributed by atoms with van der Waals surface area (Å²) in [4.78, 5) is 37.9. The van der Waals surface area contributed by atoms with Crippen molar-refractivity contribution in [3.05, 3.63) is 0 Å². The topological polar surface area (TPSA) is 92.9 Å². The number of nitrogens with zero attached hydrogens (tertiary/aromatic N) is 2. The number of rotatable bonds is 4. The van der Waals surface area contributed by atoms with Crippen LogP contribution in [0.2, 0.25) is 0 Å². The first-order valence-electron chi connectivity index (χ1n) is 6.27. The summed E-state index contributed by atoms with van der Waals surface area (Å²) in [6.07, 6.45) is 0.266. The normalized spacial score (nSPS) is 20.0. The van der Waals surface area contributed by atoms with E-state index in [0.29, 0.717) is 19.7 Å². The average molecular weight is 271 g/mol. The minimum Gasteiger partial charge on any atom is -0.384 e. The van der Waals surface area contributed by atoms with E-state index < -0.39 is 11.8 Å². The van der Waals surface area contributed by atoms with E-state index in [2.05, 4.69) is 0 Å². The Hall–Kier alpha value is -1.63. The molecule has 1 aliphatic rings. The third-order valence-corrected chi connectivity index (χ3v) is 3.24. The van der Waals surface area contributed by atoms with Crippen LogP contribution in [0, 0.1) is 5.92 Å². The molecule has 0 spiro atoms. The quantitative estimate of drug-likeness (QED) is 0.696. The van der Waals surface area contributed by atoms with E-state index in [4.69, 9.17) is 10.5 Å². The van der Waals surface area contributed by atoms with Crippen molar-refractivity contribution in [1.82, 2.24) is 9.80 Å². The number of primary amides is 1. The van der Waals surface area contributed by atoms with Crippen LogP contribution in [0.1, 0.15) is 13.3 Å². The van der Waals surface area contributed by atoms with Crippen LogP contribution in [0.25, 0.3) is 0 Å². The highest BCUT2D eigenvalue weighted by Crippen LogP contribution is 2.11. The van der Waals surface area contributed by atoms with Gasteiger partial charge in [-0.1, -0.05) is 0 Å². The molecule has 7 heteroatoms. The Morgan fingerprint density at radius 1 is 1.21 bits per heavy atom. The predicted octanol–water partition coefficient (Wildman–Crippen LogP) is -1.18. The second-order valence-electron chi connectivity index (χ2n) is 4.65. The lowest BCUT2D eigenvalue weighted by Gasteiger charge is -2.22.